The summed E-state index contributed by atoms with van der Waals surface area (Å²) in [6, 6.07) is 5.83. The third-order valence-electron chi connectivity index (χ3n) is 2.12. The van der Waals surface area contributed by atoms with Crippen LogP contribution in [-0.4, -0.2) is 20.3 Å². The highest BCUT2D eigenvalue weighted by Crippen LogP contribution is 2.27. The van der Waals surface area contributed by atoms with E-state index in [2.05, 4.69) is 18.2 Å². The third-order valence-corrected chi connectivity index (χ3v) is 2.12. The molecule has 1 aromatic rings. The molecule has 0 radical (unpaired) electrons. The first-order chi connectivity index (χ1) is 7.81. The highest BCUT2D eigenvalue weighted by Gasteiger charge is 2.04. The summed E-state index contributed by atoms with van der Waals surface area (Å²) in [7, 11) is 1.62. The minimum Gasteiger partial charge on any atom is -0.493 e. The first kappa shape index (κ1) is 15.6. The molecule has 0 aliphatic heterocycles. The Morgan fingerprint density at radius 2 is 2.12 bits per heavy atom. The Labute approximate surface area is 109 Å². The molecule has 1 rings (SSSR count). The number of hydrogen-bond acceptors (Lipinski definition) is 3. The van der Waals surface area contributed by atoms with E-state index in [9.17, 15) is 0 Å². The molecular weight excluding hydrogens is 238 g/mol. The van der Waals surface area contributed by atoms with Gasteiger partial charge in [0.15, 0.2) is 11.5 Å². The summed E-state index contributed by atoms with van der Waals surface area (Å²) in [5.41, 5.74) is 1.16. The SMILES string of the molecule is C#CCOc1ccc(CNCC)cc1OC.Cl. The summed E-state index contributed by atoms with van der Waals surface area (Å²) < 4.78 is 10.6. The topological polar surface area (TPSA) is 30.5 Å². The first-order valence-corrected chi connectivity index (χ1v) is 5.25. The van der Waals surface area contributed by atoms with Crippen LogP contribution in [-0.2, 0) is 6.54 Å². The zero-order chi connectivity index (χ0) is 11.8. The molecule has 0 atom stereocenters. The monoisotopic (exact) mass is 255 g/mol. The highest BCUT2D eigenvalue weighted by atomic mass is 35.5. The van der Waals surface area contributed by atoms with Crippen molar-refractivity contribution in [1.82, 2.24) is 5.32 Å². The number of ether oxygens (including phenoxy) is 2. The molecule has 0 aliphatic carbocycles. The van der Waals surface area contributed by atoms with Crippen LogP contribution in [0.3, 0.4) is 0 Å². The van der Waals surface area contributed by atoms with Crippen LogP contribution in [0.25, 0.3) is 0 Å². The van der Waals surface area contributed by atoms with Gasteiger partial charge in [-0.15, -0.1) is 18.8 Å². The van der Waals surface area contributed by atoms with E-state index < -0.39 is 0 Å². The predicted molar refractivity (Wildman–Crippen MR) is 72.0 cm³/mol. The Morgan fingerprint density at radius 3 is 2.71 bits per heavy atom. The van der Waals surface area contributed by atoms with Crippen LogP contribution < -0.4 is 14.8 Å². The lowest BCUT2D eigenvalue weighted by atomic mass is 10.2. The maximum atomic E-state index is 5.36. The molecule has 94 valence electrons. The van der Waals surface area contributed by atoms with Gasteiger partial charge in [-0.3, -0.25) is 0 Å². The minimum atomic E-state index is 0. The summed E-state index contributed by atoms with van der Waals surface area (Å²) in [6.07, 6.45) is 5.14. The lowest BCUT2D eigenvalue weighted by Gasteiger charge is -2.10. The number of benzene rings is 1. The quantitative estimate of drug-likeness (QED) is 0.791. The highest BCUT2D eigenvalue weighted by molar-refractivity contribution is 5.85. The molecular formula is C13H18ClNO2. The van der Waals surface area contributed by atoms with Crippen molar-refractivity contribution in [3.8, 4) is 23.8 Å². The molecule has 0 heterocycles. The second kappa shape index (κ2) is 8.74. The van der Waals surface area contributed by atoms with Crippen molar-refractivity contribution in [2.75, 3.05) is 20.3 Å². The largest absolute Gasteiger partial charge is 0.493 e. The van der Waals surface area contributed by atoms with Gasteiger partial charge in [-0.1, -0.05) is 18.9 Å². The van der Waals surface area contributed by atoms with Gasteiger partial charge in [0.1, 0.15) is 6.61 Å². The summed E-state index contributed by atoms with van der Waals surface area (Å²) >= 11 is 0. The van der Waals surface area contributed by atoms with Gasteiger partial charge in [0.05, 0.1) is 7.11 Å². The molecule has 0 unspecified atom stereocenters. The van der Waals surface area contributed by atoms with Crippen molar-refractivity contribution in [2.45, 2.75) is 13.5 Å². The van der Waals surface area contributed by atoms with Gasteiger partial charge in [0.2, 0.25) is 0 Å². The fraction of sp³-hybridized carbons (Fsp3) is 0.385. The van der Waals surface area contributed by atoms with E-state index in [1.54, 1.807) is 7.11 Å². The smallest absolute Gasteiger partial charge is 0.162 e. The summed E-state index contributed by atoms with van der Waals surface area (Å²) in [4.78, 5) is 0. The molecule has 1 aromatic carbocycles. The first-order valence-electron chi connectivity index (χ1n) is 5.25. The van der Waals surface area contributed by atoms with Gasteiger partial charge < -0.3 is 14.8 Å². The molecule has 0 aliphatic rings. The maximum Gasteiger partial charge on any atom is 0.162 e. The van der Waals surface area contributed by atoms with Crippen molar-refractivity contribution < 1.29 is 9.47 Å². The standard InChI is InChI=1S/C13H17NO2.ClH/c1-4-8-16-12-7-6-11(10-14-5-2)9-13(12)15-3;/h1,6-7,9,14H,5,8,10H2,2-3H3;1H. The van der Waals surface area contributed by atoms with Crippen LogP contribution in [0, 0.1) is 12.3 Å². The van der Waals surface area contributed by atoms with Gasteiger partial charge in [-0.2, -0.15) is 0 Å². The number of nitrogens with one attached hydrogen (secondary N) is 1. The van der Waals surface area contributed by atoms with Crippen molar-refractivity contribution in [1.29, 1.82) is 0 Å². The molecule has 0 aromatic heterocycles. The van der Waals surface area contributed by atoms with E-state index in [-0.39, 0.29) is 19.0 Å². The van der Waals surface area contributed by atoms with E-state index in [0.717, 1.165) is 18.7 Å². The zero-order valence-corrected chi connectivity index (χ0v) is 11.0. The van der Waals surface area contributed by atoms with Crippen molar-refractivity contribution in [3.63, 3.8) is 0 Å². The van der Waals surface area contributed by atoms with E-state index in [0.29, 0.717) is 11.5 Å². The summed E-state index contributed by atoms with van der Waals surface area (Å²) in [5, 5.41) is 3.25. The number of halogens is 1. The zero-order valence-electron chi connectivity index (χ0n) is 10.2. The van der Waals surface area contributed by atoms with Crippen molar-refractivity contribution in [2.24, 2.45) is 0 Å². The van der Waals surface area contributed by atoms with Crippen molar-refractivity contribution in [3.05, 3.63) is 23.8 Å². The molecule has 0 fully saturated rings. The Balaban J connectivity index is 0.00000256. The third kappa shape index (κ3) is 4.99. The van der Waals surface area contributed by atoms with E-state index in [1.807, 2.05) is 18.2 Å². The predicted octanol–water partition coefficient (Wildman–Crippen LogP) is 2.24. The molecule has 0 saturated heterocycles. The molecule has 4 heteroatoms. The second-order valence-corrected chi connectivity index (χ2v) is 3.26. The molecule has 0 saturated carbocycles. The number of methoxy groups -OCH3 is 1. The fourth-order valence-electron chi connectivity index (χ4n) is 1.33. The van der Waals surface area contributed by atoms with Gasteiger partial charge in [0, 0.05) is 6.54 Å². The van der Waals surface area contributed by atoms with Crippen LogP contribution in [0.4, 0.5) is 0 Å². The molecule has 1 N–H and O–H groups in total. The summed E-state index contributed by atoms with van der Waals surface area (Å²) in [5.74, 6) is 3.82. The summed E-state index contributed by atoms with van der Waals surface area (Å²) in [6.45, 7) is 4.09. The average Bonchev–Trinajstić information content (AvgIpc) is 2.34. The molecule has 0 bridgehead atoms. The van der Waals surface area contributed by atoms with Gasteiger partial charge in [-0.25, -0.2) is 0 Å². The molecule has 17 heavy (non-hydrogen) atoms. The minimum absolute atomic E-state index is 0. The van der Waals surface area contributed by atoms with Crippen LogP contribution in [0.5, 0.6) is 11.5 Å². The normalized spacial score (nSPS) is 9.00. The van der Waals surface area contributed by atoms with Gasteiger partial charge >= 0.3 is 0 Å². The number of terminal acetylenes is 1. The maximum absolute atomic E-state index is 5.36. The Morgan fingerprint density at radius 1 is 1.35 bits per heavy atom. The van der Waals surface area contributed by atoms with Crippen LogP contribution in [0.1, 0.15) is 12.5 Å². The lowest BCUT2D eigenvalue weighted by molar-refractivity contribution is 0.330. The second-order valence-electron chi connectivity index (χ2n) is 3.26. The fourth-order valence-corrected chi connectivity index (χ4v) is 1.33. The Bertz CT molecular complexity index is 374. The number of hydrogen-bond donors (Lipinski definition) is 1. The Hall–Kier alpha value is -1.37. The Kier molecular flexibility index (Phi) is 8.04. The van der Waals surface area contributed by atoms with Gasteiger partial charge in [0.25, 0.3) is 0 Å². The average molecular weight is 256 g/mol. The lowest BCUT2D eigenvalue weighted by Crippen LogP contribution is -2.11. The van der Waals surface area contributed by atoms with E-state index in [4.69, 9.17) is 15.9 Å². The molecule has 3 nitrogen and oxygen atoms in total. The van der Waals surface area contributed by atoms with Crippen LogP contribution >= 0.6 is 12.4 Å². The van der Waals surface area contributed by atoms with E-state index in [1.165, 1.54) is 0 Å². The van der Waals surface area contributed by atoms with E-state index >= 15 is 0 Å². The van der Waals surface area contributed by atoms with Gasteiger partial charge in [-0.05, 0) is 24.2 Å². The van der Waals surface area contributed by atoms with Crippen LogP contribution in [0.2, 0.25) is 0 Å². The molecule has 0 spiro atoms. The van der Waals surface area contributed by atoms with Crippen LogP contribution in [0.15, 0.2) is 18.2 Å². The number of rotatable bonds is 6. The molecule has 0 amide bonds. The van der Waals surface area contributed by atoms with Crippen molar-refractivity contribution >= 4 is 12.4 Å².